The molecule has 0 fully saturated rings. The molecule has 0 unspecified atom stereocenters. The molecule has 0 saturated carbocycles. The van der Waals surface area contributed by atoms with Crippen molar-refractivity contribution in [1.82, 2.24) is 25.3 Å². The van der Waals surface area contributed by atoms with Crippen molar-refractivity contribution in [3.8, 4) is 16.5 Å². The highest BCUT2D eigenvalue weighted by Gasteiger charge is 2.11. The van der Waals surface area contributed by atoms with Gasteiger partial charge in [0.15, 0.2) is 5.75 Å². The molecular weight excluding hydrogens is 330 g/mol. The fraction of sp³-hybridized carbons (Fsp3) is 0.133. The number of H-pyrrole nitrogens is 1. The van der Waals surface area contributed by atoms with Crippen molar-refractivity contribution in [2.24, 2.45) is 0 Å². The summed E-state index contributed by atoms with van der Waals surface area (Å²) in [6.45, 7) is 0.240. The van der Waals surface area contributed by atoms with Crippen LogP contribution in [0.2, 0.25) is 0 Å². The molecule has 8 nitrogen and oxygen atoms in total. The number of ether oxygens (including phenoxy) is 1. The number of rotatable bonds is 5. The fourth-order valence-electron chi connectivity index (χ4n) is 1.93. The van der Waals surface area contributed by atoms with Crippen LogP contribution in [0.1, 0.15) is 16.2 Å². The number of nitrogens with zero attached hydrogens (tertiary/aromatic N) is 3. The third-order valence-corrected chi connectivity index (χ3v) is 4.02. The lowest BCUT2D eigenvalue weighted by molar-refractivity contribution is 0.0945. The summed E-state index contributed by atoms with van der Waals surface area (Å²) in [7, 11) is 1.39. The zero-order valence-electron chi connectivity index (χ0n) is 12.6. The lowest BCUT2D eigenvalue weighted by Gasteiger charge is -2.04. The van der Waals surface area contributed by atoms with Crippen LogP contribution in [0.5, 0.6) is 5.75 Å². The van der Waals surface area contributed by atoms with E-state index >= 15 is 0 Å². The molecule has 0 aromatic carbocycles. The molecule has 3 aromatic heterocycles. The van der Waals surface area contributed by atoms with Crippen LogP contribution in [-0.2, 0) is 6.54 Å². The van der Waals surface area contributed by atoms with Crippen LogP contribution in [0.4, 0.5) is 0 Å². The van der Waals surface area contributed by atoms with Crippen molar-refractivity contribution in [1.29, 1.82) is 0 Å². The van der Waals surface area contributed by atoms with Crippen molar-refractivity contribution >= 4 is 17.2 Å². The maximum absolute atomic E-state index is 12.1. The molecule has 0 radical (unpaired) electrons. The number of pyridine rings is 1. The minimum atomic E-state index is -0.399. The Morgan fingerprint density at radius 2 is 2.29 bits per heavy atom. The molecule has 3 rings (SSSR count). The van der Waals surface area contributed by atoms with E-state index in [4.69, 9.17) is 4.74 Å². The molecule has 0 saturated heterocycles. The van der Waals surface area contributed by atoms with E-state index in [9.17, 15) is 9.59 Å². The highest BCUT2D eigenvalue weighted by molar-refractivity contribution is 7.13. The minimum Gasteiger partial charge on any atom is -0.491 e. The van der Waals surface area contributed by atoms with Gasteiger partial charge in [-0.1, -0.05) is 0 Å². The summed E-state index contributed by atoms with van der Waals surface area (Å²) < 4.78 is 4.86. The summed E-state index contributed by atoms with van der Waals surface area (Å²) >= 11 is 1.42. The molecule has 3 heterocycles. The van der Waals surface area contributed by atoms with E-state index in [2.05, 4.69) is 25.3 Å². The van der Waals surface area contributed by atoms with Gasteiger partial charge >= 0.3 is 0 Å². The average Bonchev–Trinajstić information content (AvgIpc) is 3.09. The number of aromatic amines is 1. The molecular formula is C15H13N5O3S. The van der Waals surface area contributed by atoms with Crippen molar-refractivity contribution in [2.75, 3.05) is 7.11 Å². The summed E-state index contributed by atoms with van der Waals surface area (Å²) in [6.07, 6.45) is 6.17. The second-order valence-corrected chi connectivity index (χ2v) is 5.55. The number of aromatic nitrogens is 4. The highest BCUT2D eigenvalue weighted by Crippen LogP contribution is 2.20. The van der Waals surface area contributed by atoms with E-state index in [1.165, 1.54) is 30.7 Å². The van der Waals surface area contributed by atoms with Crippen LogP contribution in [0.25, 0.3) is 10.7 Å². The van der Waals surface area contributed by atoms with E-state index in [1.807, 2.05) is 5.38 Å². The second-order valence-electron chi connectivity index (χ2n) is 4.70. The van der Waals surface area contributed by atoms with Gasteiger partial charge < -0.3 is 15.0 Å². The maximum Gasteiger partial charge on any atom is 0.268 e. The molecule has 0 spiro atoms. The molecule has 0 atom stereocenters. The molecule has 0 aliphatic heterocycles. The van der Waals surface area contributed by atoms with Gasteiger partial charge in [-0.2, -0.15) is 0 Å². The van der Waals surface area contributed by atoms with Crippen LogP contribution >= 0.6 is 11.3 Å². The zero-order valence-corrected chi connectivity index (χ0v) is 13.5. The number of carbonyl (C=O) groups is 1. The number of methoxy groups -OCH3 is 1. The van der Waals surface area contributed by atoms with Crippen molar-refractivity contribution in [3.05, 3.63) is 57.8 Å². The molecule has 9 heteroatoms. The Hall–Kier alpha value is -3.07. The first kappa shape index (κ1) is 15.8. The average molecular weight is 343 g/mol. The topological polar surface area (TPSA) is 110 Å². The van der Waals surface area contributed by atoms with Gasteiger partial charge in [0.25, 0.3) is 5.91 Å². The van der Waals surface area contributed by atoms with Gasteiger partial charge in [0.05, 0.1) is 25.5 Å². The van der Waals surface area contributed by atoms with Crippen LogP contribution in [0.3, 0.4) is 0 Å². The number of nitrogens with one attached hydrogen (secondary N) is 2. The van der Waals surface area contributed by atoms with Gasteiger partial charge in [0, 0.05) is 30.0 Å². The Morgan fingerprint density at radius 1 is 1.42 bits per heavy atom. The first-order chi connectivity index (χ1) is 11.7. The molecule has 24 heavy (non-hydrogen) atoms. The van der Waals surface area contributed by atoms with Crippen LogP contribution in [0.15, 0.2) is 41.0 Å². The molecule has 2 N–H and O–H groups in total. The summed E-state index contributed by atoms with van der Waals surface area (Å²) in [5.74, 6) is -0.247. The molecule has 122 valence electrons. The van der Waals surface area contributed by atoms with E-state index < -0.39 is 5.91 Å². The smallest absolute Gasteiger partial charge is 0.268 e. The third kappa shape index (κ3) is 3.46. The Kier molecular flexibility index (Phi) is 4.62. The monoisotopic (exact) mass is 343 g/mol. The van der Waals surface area contributed by atoms with Gasteiger partial charge in [-0.15, -0.1) is 11.3 Å². The second kappa shape index (κ2) is 7.01. The number of amides is 1. The van der Waals surface area contributed by atoms with Gasteiger partial charge in [0.1, 0.15) is 16.4 Å². The van der Waals surface area contributed by atoms with Gasteiger partial charge in [0.2, 0.25) is 5.43 Å². The summed E-state index contributed by atoms with van der Waals surface area (Å²) in [5.41, 5.74) is 1.18. The Bertz CT molecular complexity index is 907. The number of hydrogen-bond acceptors (Lipinski definition) is 7. The predicted molar refractivity (Wildman–Crippen MR) is 87.9 cm³/mol. The first-order valence-corrected chi connectivity index (χ1v) is 7.81. The lowest BCUT2D eigenvalue weighted by Crippen LogP contribution is -2.25. The SMILES string of the molecule is COc1c[nH]c(C(=O)NCc2csc(-c3cnccn3)n2)cc1=O. The fourth-order valence-corrected chi connectivity index (χ4v) is 2.71. The quantitative estimate of drug-likeness (QED) is 0.721. The highest BCUT2D eigenvalue weighted by atomic mass is 32.1. The standard InChI is InChI=1S/C15H13N5O3S/c1-23-13-7-18-10(4-12(13)21)14(22)19-5-9-8-24-15(20-9)11-6-16-2-3-17-11/h2-4,6-8H,5H2,1H3,(H,18,21)(H,19,22). The van der Waals surface area contributed by atoms with E-state index in [-0.39, 0.29) is 23.4 Å². The third-order valence-electron chi connectivity index (χ3n) is 3.11. The number of hydrogen-bond donors (Lipinski definition) is 2. The Morgan fingerprint density at radius 3 is 3.00 bits per heavy atom. The lowest BCUT2D eigenvalue weighted by atomic mass is 10.3. The van der Waals surface area contributed by atoms with Crippen LogP contribution in [0, 0.1) is 0 Å². The molecule has 3 aromatic rings. The number of carbonyl (C=O) groups excluding carboxylic acids is 1. The van der Waals surface area contributed by atoms with Gasteiger partial charge in [-0.05, 0) is 0 Å². The van der Waals surface area contributed by atoms with Gasteiger partial charge in [-0.3, -0.25) is 19.6 Å². The van der Waals surface area contributed by atoms with Crippen molar-refractivity contribution in [3.63, 3.8) is 0 Å². The van der Waals surface area contributed by atoms with Crippen molar-refractivity contribution < 1.29 is 9.53 Å². The first-order valence-electron chi connectivity index (χ1n) is 6.93. The van der Waals surface area contributed by atoms with E-state index in [1.54, 1.807) is 18.6 Å². The van der Waals surface area contributed by atoms with E-state index in [0.717, 1.165) is 5.01 Å². The van der Waals surface area contributed by atoms with E-state index in [0.29, 0.717) is 11.4 Å². The molecule has 1 amide bonds. The molecule has 0 aliphatic rings. The van der Waals surface area contributed by atoms with Crippen LogP contribution < -0.4 is 15.5 Å². The van der Waals surface area contributed by atoms with Crippen molar-refractivity contribution in [2.45, 2.75) is 6.54 Å². The Labute approximate surface area is 140 Å². The Balaban J connectivity index is 1.66. The zero-order chi connectivity index (χ0) is 16.9. The largest absolute Gasteiger partial charge is 0.491 e. The summed E-state index contributed by atoms with van der Waals surface area (Å²) in [4.78, 5) is 39.0. The molecule has 0 aliphatic carbocycles. The minimum absolute atomic E-state index is 0.152. The maximum atomic E-state index is 12.1. The normalized spacial score (nSPS) is 10.4. The van der Waals surface area contributed by atoms with Gasteiger partial charge in [-0.25, -0.2) is 4.98 Å². The number of thiazole rings is 1. The summed E-state index contributed by atoms with van der Waals surface area (Å²) in [5, 5.41) is 5.26. The van der Waals surface area contributed by atoms with Crippen LogP contribution in [-0.4, -0.2) is 33.0 Å². The molecule has 0 bridgehead atoms. The predicted octanol–water partition coefficient (Wildman–Crippen LogP) is 1.23. The summed E-state index contributed by atoms with van der Waals surface area (Å²) in [6, 6.07) is 1.19.